The van der Waals surface area contributed by atoms with Crippen molar-refractivity contribution in [3.05, 3.63) is 21.1 Å². The number of esters is 1. The minimum atomic E-state index is -1.49. The van der Waals surface area contributed by atoms with E-state index in [1.165, 1.54) is 6.26 Å². The van der Waals surface area contributed by atoms with Crippen LogP contribution in [0.25, 0.3) is 0 Å². The largest absolute Gasteiger partial charge is 0.611 e. The fourth-order valence-electron chi connectivity index (χ4n) is 1.00. The van der Waals surface area contributed by atoms with Gasteiger partial charge < -0.3 is 9.29 Å². The van der Waals surface area contributed by atoms with Crippen molar-refractivity contribution in [2.45, 2.75) is 11.1 Å². The monoisotopic (exact) mass is 263 g/mol. The van der Waals surface area contributed by atoms with Crippen molar-refractivity contribution in [2.24, 2.45) is 0 Å². The number of carbonyl (C=O) groups is 1. The Morgan fingerprint density at radius 2 is 2.31 bits per heavy atom. The first-order valence-corrected chi connectivity index (χ1v) is 6.63. The average molecular weight is 263 g/mol. The van der Waals surface area contributed by atoms with Gasteiger partial charge in [0.1, 0.15) is 11.1 Å². The van der Waals surface area contributed by atoms with Crippen molar-refractivity contribution in [3.63, 3.8) is 0 Å². The molecule has 1 unspecified atom stereocenters. The first kappa shape index (κ1) is 12.9. The lowest BCUT2D eigenvalue weighted by atomic mass is 10.4. The summed E-state index contributed by atoms with van der Waals surface area (Å²) in [6.07, 6.45) is 1.33. The molecule has 88 valence electrons. The van der Waals surface area contributed by atoms with Crippen LogP contribution in [0.3, 0.4) is 0 Å². The zero-order valence-corrected chi connectivity index (χ0v) is 10.2. The Morgan fingerprint density at radius 3 is 2.69 bits per heavy atom. The molecule has 0 radical (unpaired) electrons. The Labute approximate surface area is 98.6 Å². The summed E-state index contributed by atoms with van der Waals surface area (Å²) in [5.41, 5.74) is -0.297. The molecule has 0 amide bonds. The van der Waals surface area contributed by atoms with Crippen LogP contribution in [0.5, 0.6) is 0 Å². The maximum absolute atomic E-state index is 11.3. The molecule has 1 aromatic rings. The van der Waals surface area contributed by atoms with Gasteiger partial charge in [-0.25, -0.2) is 4.79 Å². The smallest absolute Gasteiger partial charge is 0.348 e. The van der Waals surface area contributed by atoms with E-state index < -0.39 is 22.1 Å². The third-order valence-electron chi connectivity index (χ3n) is 1.61. The van der Waals surface area contributed by atoms with Crippen molar-refractivity contribution in [2.75, 3.05) is 12.9 Å². The molecular formula is C8H9NO5S2. The maximum atomic E-state index is 11.3. The molecular weight excluding hydrogens is 254 g/mol. The van der Waals surface area contributed by atoms with Crippen molar-refractivity contribution in [1.29, 1.82) is 0 Å². The molecule has 0 aromatic carbocycles. The van der Waals surface area contributed by atoms with Gasteiger partial charge in [-0.15, -0.1) is 0 Å². The van der Waals surface area contributed by atoms with Crippen molar-refractivity contribution in [3.8, 4) is 0 Å². The first-order chi connectivity index (χ1) is 7.47. The lowest BCUT2D eigenvalue weighted by molar-refractivity contribution is -0.387. The summed E-state index contributed by atoms with van der Waals surface area (Å²) in [6.45, 7) is 1.83. The molecule has 1 aromatic heterocycles. The van der Waals surface area contributed by atoms with E-state index in [2.05, 4.69) is 0 Å². The molecule has 1 rings (SSSR count). The van der Waals surface area contributed by atoms with Gasteiger partial charge in [-0.1, -0.05) is 11.3 Å². The molecule has 0 aliphatic heterocycles. The summed E-state index contributed by atoms with van der Waals surface area (Å²) >= 11 is -0.664. The Bertz CT molecular complexity index is 415. The van der Waals surface area contributed by atoms with Gasteiger partial charge in [0.05, 0.1) is 11.5 Å². The molecule has 16 heavy (non-hydrogen) atoms. The van der Waals surface area contributed by atoms with E-state index >= 15 is 0 Å². The molecule has 0 saturated heterocycles. The Morgan fingerprint density at radius 1 is 1.69 bits per heavy atom. The first-order valence-electron chi connectivity index (χ1n) is 4.26. The molecule has 1 atom stereocenters. The highest BCUT2D eigenvalue weighted by atomic mass is 32.2. The van der Waals surface area contributed by atoms with Gasteiger partial charge in [-0.2, -0.15) is 0 Å². The van der Waals surface area contributed by atoms with Gasteiger partial charge in [-0.05, 0) is 18.1 Å². The molecule has 0 fully saturated rings. The number of hydrogen-bond acceptors (Lipinski definition) is 6. The number of rotatable bonds is 4. The van der Waals surface area contributed by atoms with Gasteiger partial charge >= 0.3 is 11.7 Å². The predicted octanol–water partition coefficient (Wildman–Crippen LogP) is 1.57. The predicted molar refractivity (Wildman–Crippen MR) is 59.3 cm³/mol. The third kappa shape index (κ3) is 2.71. The van der Waals surface area contributed by atoms with E-state index in [4.69, 9.17) is 4.74 Å². The molecule has 1 heterocycles. The van der Waals surface area contributed by atoms with Gasteiger partial charge in [-0.3, -0.25) is 10.1 Å². The van der Waals surface area contributed by atoms with Crippen molar-refractivity contribution >= 4 is 34.2 Å². The molecule has 0 saturated carbocycles. The molecule has 0 aliphatic rings. The summed E-state index contributed by atoms with van der Waals surface area (Å²) in [6, 6.07) is 1.10. The fourth-order valence-corrected chi connectivity index (χ4v) is 2.92. The van der Waals surface area contributed by atoms with Crippen LogP contribution < -0.4 is 0 Å². The van der Waals surface area contributed by atoms with E-state index in [9.17, 15) is 19.5 Å². The van der Waals surface area contributed by atoms with E-state index in [1.54, 1.807) is 6.92 Å². The zero-order valence-electron chi connectivity index (χ0n) is 8.59. The number of carbonyl (C=O) groups excluding carboxylic acids is 1. The summed E-state index contributed by atoms with van der Waals surface area (Å²) in [5.74, 6) is -0.632. The second-order valence-electron chi connectivity index (χ2n) is 2.72. The summed E-state index contributed by atoms with van der Waals surface area (Å²) in [5, 5.41) is 10.6. The quantitative estimate of drug-likeness (QED) is 0.356. The van der Waals surface area contributed by atoms with E-state index in [0.29, 0.717) is 0 Å². The molecule has 6 nitrogen and oxygen atoms in total. The van der Waals surface area contributed by atoms with E-state index in [1.807, 2.05) is 0 Å². The fraction of sp³-hybridized carbons (Fsp3) is 0.375. The number of thiophene rings is 1. The highest BCUT2D eigenvalue weighted by Crippen LogP contribution is 2.33. The highest BCUT2D eigenvalue weighted by Gasteiger charge is 2.29. The molecule has 0 aliphatic carbocycles. The van der Waals surface area contributed by atoms with E-state index in [0.717, 1.165) is 17.4 Å². The highest BCUT2D eigenvalue weighted by molar-refractivity contribution is 7.93. The van der Waals surface area contributed by atoms with Crippen LogP contribution in [0.15, 0.2) is 10.3 Å². The minimum Gasteiger partial charge on any atom is -0.611 e. The second kappa shape index (κ2) is 5.28. The summed E-state index contributed by atoms with van der Waals surface area (Å²) < 4.78 is 16.0. The standard InChI is InChI=1S/C8H9NO5S2/c1-3-14-7(10)6-4-5(9(11)12)8(15-6)16(2)13/h4H,3H2,1-2H3. The number of ether oxygens (including phenoxy) is 1. The van der Waals surface area contributed by atoms with Crippen LogP contribution in [-0.4, -0.2) is 28.3 Å². The van der Waals surface area contributed by atoms with Gasteiger partial charge in [0, 0.05) is 6.07 Å². The van der Waals surface area contributed by atoms with Crippen LogP contribution in [0, 0.1) is 10.1 Å². The van der Waals surface area contributed by atoms with Crippen LogP contribution in [0.1, 0.15) is 16.6 Å². The van der Waals surface area contributed by atoms with Crippen LogP contribution in [0.4, 0.5) is 5.69 Å². The number of nitro groups is 1. The zero-order chi connectivity index (χ0) is 12.3. The Balaban J connectivity index is 3.11. The van der Waals surface area contributed by atoms with Gasteiger partial charge in [0.2, 0.25) is 0 Å². The van der Waals surface area contributed by atoms with Crippen LogP contribution in [0.2, 0.25) is 0 Å². The van der Waals surface area contributed by atoms with Crippen LogP contribution >= 0.6 is 11.3 Å². The SMILES string of the molecule is CCOC(=O)c1cc([N+](=O)[O-])c([S+](C)[O-])s1. The number of hydrogen-bond donors (Lipinski definition) is 0. The lowest BCUT2D eigenvalue weighted by Gasteiger charge is -1.98. The van der Waals surface area contributed by atoms with Gasteiger partial charge in [0.15, 0.2) is 0 Å². The summed E-state index contributed by atoms with van der Waals surface area (Å²) in [4.78, 5) is 21.4. The van der Waals surface area contributed by atoms with Crippen molar-refractivity contribution in [1.82, 2.24) is 0 Å². The second-order valence-corrected chi connectivity index (χ2v) is 5.34. The molecule has 0 spiro atoms. The summed E-state index contributed by atoms with van der Waals surface area (Å²) in [7, 11) is 0. The maximum Gasteiger partial charge on any atom is 0.348 e. The Hall–Kier alpha value is -1.12. The normalized spacial score (nSPS) is 12.2. The van der Waals surface area contributed by atoms with Gasteiger partial charge in [0.25, 0.3) is 4.21 Å². The average Bonchev–Trinajstić information content (AvgIpc) is 2.62. The third-order valence-corrected chi connectivity index (χ3v) is 4.20. The van der Waals surface area contributed by atoms with Crippen LogP contribution in [-0.2, 0) is 15.9 Å². The molecule has 0 bridgehead atoms. The van der Waals surface area contributed by atoms with E-state index in [-0.39, 0.29) is 21.4 Å². The minimum absolute atomic E-state index is 0.0769. The van der Waals surface area contributed by atoms with Crippen molar-refractivity contribution < 1.29 is 19.0 Å². The lowest BCUT2D eigenvalue weighted by Crippen LogP contribution is -2.01. The topological polar surface area (TPSA) is 92.5 Å². The number of nitrogens with zero attached hydrogens (tertiary/aromatic N) is 1. The molecule has 0 N–H and O–H groups in total. The molecule has 8 heteroatoms. The Kier molecular flexibility index (Phi) is 4.27.